The number of carbonyl (C=O) groups is 2. The molecule has 1 aliphatic rings. The van der Waals surface area contributed by atoms with Gasteiger partial charge in [-0.3, -0.25) is 14.2 Å². The molecule has 0 radical (unpaired) electrons. The predicted octanol–water partition coefficient (Wildman–Crippen LogP) is 7.66. The van der Waals surface area contributed by atoms with E-state index in [2.05, 4.69) is 5.32 Å². The summed E-state index contributed by atoms with van der Waals surface area (Å²) in [5.41, 5.74) is 3.87. The summed E-state index contributed by atoms with van der Waals surface area (Å²) in [4.78, 5) is 48.2. The van der Waals surface area contributed by atoms with Crippen molar-refractivity contribution in [1.29, 1.82) is 0 Å². The van der Waals surface area contributed by atoms with Gasteiger partial charge in [0, 0.05) is 15.3 Å². The summed E-state index contributed by atoms with van der Waals surface area (Å²) in [6.45, 7) is 4.06. The van der Waals surface area contributed by atoms with Crippen molar-refractivity contribution in [1.82, 2.24) is 9.55 Å². The Bertz CT molecular complexity index is 1860. The van der Waals surface area contributed by atoms with E-state index in [1.54, 1.807) is 11.5 Å². The number of hydrogen-bond donors (Lipinski definition) is 1. The third-order valence-electron chi connectivity index (χ3n) is 7.43. The van der Waals surface area contributed by atoms with Gasteiger partial charge in [0.25, 0.3) is 5.56 Å². The molecule has 6 rings (SSSR count). The van der Waals surface area contributed by atoms with Crippen LogP contribution in [0, 0.1) is 6.92 Å². The second-order valence-corrected chi connectivity index (χ2v) is 13.5. The third-order valence-corrected chi connectivity index (χ3v) is 10.6. The monoisotopic (exact) mass is 629 g/mol. The number of para-hydroxylation sites is 1. The fourth-order valence-corrected chi connectivity index (χ4v) is 8.73. The van der Waals surface area contributed by atoms with Gasteiger partial charge in [0.05, 0.1) is 29.0 Å². The number of anilines is 1. The van der Waals surface area contributed by atoms with Crippen LogP contribution in [0.25, 0.3) is 27.0 Å². The Kier molecular flexibility index (Phi) is 8.78. The lowest BCUT2D eigenvalue weighted by Crippen LogP contribution is -2.23. The topological polar surface area (TPSA) is 90.3 Å². The number of esters is 1. The first kappa shape index (κ1) is 29.3. The minimum absolute atomic E-state index is 0.0194. The summed E-state index contributed by atoms with van der Waals surface area (Å²) in [6.07, 6.45) is 4.91. The van der Waals surface area contributed by atoms with Gasteiger partial charge in [-0.05, 0) is 62.8 Å². The van der Waals surface area contributed by atoms with Crippen LogP contribution in [0.2, 0.25) is 0 Å². The maximum absolute atomic E-state index is 14.2. The Labute approximate surface area is 261 Å². The van der Waals surface area contributed by atoms with E-state index in [9.17, 15) is 14.4 Å². The maximum atomic E-state index is 14.2. The van der Waals surface area contributed by atoms with Crippen LogP contribution in [0.4, 0.5) is 5.00 Å². The van der Waals surface area contributed by atoms with Crippen LogP contribution < -0.4 is 10.9 Å². The molecule has 0 saturated heterocycles. The second kappa shape index (κ2) is 12.9. The van der Waals surface area contributed by atoms with Crippen LogP contribution in [-0.4, -0.2) is 33.8 Å². The van der Waals surface area contributed by atoms with Gasteiger partial charge in [-0.15, -0.1) is 22.7 Å². The number of nitrogens with zero attached hydrogens (tertiary/aromatic N) is 2. The highest BCUT2D eigenvalue weighted by atomic mass is 32.2. The molecular formula is C33H31N3O4S3. The highest BCUT2D eigenvalue weighted by Crippen LogP contribution is 2.39. The number of carbonyl (C=O) groups excluding carboxylic acids is 2. The van der Waals surface area contributed by atoms with Crippen LogP contribution in [0.5, 0.6) is 0 Å². The molecule has 0 bridgehead atoms. The second-order valence-electron chi connectivity index (χ2n) is 10.3. The van der Waals surface area contributed by atoms with Gasteiger partial charge < -0.3 is 10.1 Å². The molecule has 1 aliphatic carbocycles. The average molecular weight is 630 g/mol. The predicted molar refractivity (Wildman–Crippen MR) is 176 cm³/mol. The molecule has 43 heavy (non-hydrogen) atoms. The van der Waals surface area contributed by atoms with E-state index >= 15 is 0 Å². The Morgan fingerprint density at radius 3 is 2.47 bits per heavy atom. The van der Waals surface area contributed by atoms with Crippen molar-refractivity contribution in [2.75, 3.05) is 17.7 Å². The molecule has 0 aliphatic heterocycles. The largest absolute Gasteiger partial charge is 0.462 e. The number of hydrogen-bond acceptors (Lipinski definition) is 8. The zero-order valence-corrected chi connectivity index (χ0v) is 26.4. The smallest absolute Gasteiger partial charge is 0.341 e. The number of thioether (sulfide) groups is 1. The summed E-state index contributed by atoms with van der Waals surface area (Å²) in [7, 11) is 0. The number of nitrogens with one attached hydrogen (secondary N) is 1. The number of ether oxygens (including phenoxy) is 1. The van der Waals surface area contributed by atoms with Crippen molar-refractivity contribution in [3.8, 4) is 16.8 Å². The Balaban J connectivity index is 1.34. The summed E-state index contributed by atoms with van der Waals surface area (Å²) in [5, 5.41) is 4.54. The van der Waals surface area contributed by atoms with E-state index in [1.807, 2.05) is 67.6 Å². The Morgan fingerprint density at radius 2 is 1.72 bits per heavy atom. The number of fused-ring (bicyclic) bond motifs is 2. The first-order valence-electron chi connectivity index (χ1n) is 14.4. The zero-order valence-electron chi connectivity index (χ0n) is 24.0. The lowest BCUT2D eigenvalue weighted by molar-refractivity contribution is -0.113. The standard InChI is InChI=1S/C33H31N3O4S3/c1-3-40-32(39)27-23-17-11-6-12-18-24(23)43-29(27)34-25(37)19-41-33-35-30-28(31(38)36(33)22-15-9-5-10-16-22)26(20(2)42-30)21-13-7-4-8-14-21/h4-5,7-10,13-16H,3,6,11-12,17-19H2,1-2H3,(H,34,37). The summed E-state index contributed by atoms with van der Waals surface area (Å²) >= 11 is 4.16. The van der Waals surface area contributed by atoms with Crippen LogP contribution >= 0.6 is 34.4 Å². The van der Waals surface area contributed by atoms with Crippen molar-refractivity contribution in [3.05, 3.63) is 91.9 Å². The molecule has 0 unspecified atom stereocenters. The van der Waals surface area contributed by atoms with Crippen molar-refractivity contribution in [2.45, 2.75) is 51.1 Å². The molecule has 3 heterocycles. The molecule has 10 heteroatoms. The minimum atomic E-state index is -0.392. The van der Waals surface area contributed by atoms with Gasteiger partial charge >= 0.3 is 5.97 Å². The van der Waals surface area contributed by atoms with E-state index < -0.39 is 5.97 Å². The molecule has 1 N–H and O–H groups in total. The van der Waals surface area contributed by atoms with Gasteiger partial charge in [-0.2, -0.15) is 0 Å². The third kappa shape index (κ3) is 5.91. The molecule has 2 aromatic carbocycles. The van der Waals surface area contributed by atoms with Crippen LogP contribution in [0.1, 0.15) is 51.9 Å². The van der Waals surface area contributed by atoms with Gasteiger partial charge in [0.1, 0.15) is 9.83 Å². The summed E-state index contributed by atoms with van der Waals surface area (Å²) in [5.74, 6) is -0.642. The van der Waals surface area contributed by atoms with Crippen LogP contribution in [0.15, 0.2) is 70.6 Å². The van der Waals surface area contributed by atoms with Gasteiger partial charge in [0.15, 0.2) is 5.16 Å². The molecule has 1 amide bonds. The highest BCUT2D eigenvalue weighted by molar-refractivity contribution is 7.99. The van der Waals surface area contributed by atoms with Gasteiger partial charge in [-0.1, -0.05) is 66.7 Å². The lowest BCUT2D eigenvalue weighted by atomic mass is 10.0. The van der Waals surface area contributed by atoms with E-state index in [-0.39, 0.29) is 23.8 Å². The van der Waals surface area contributed by atoms with Crippen molar-refractivity contribution >= 4 is 61.5 Å². The number of aryl methyl sites for hydroxylation is 2. The first-order chi connectivity index (χ1) is 21.0. The molecule has 0 atom stereocenters. The SMILES string of the molecule is CCOC(=O)c1c(NC(=O)CSc2nc3sc(C)c(-c4ccccc4)c3c(=O)n2-c2ccccc2)sc2c1CCCCC2. The molecular weight excluding hydrogens is 599 g/mol. The number of amides is 1. The maximum Gasteiger partial charge on any atom is 0.341 e. The Morgan fingerprint density at radius 1 is 1.00 bits per heavy atom. The van der Waals surface area contributed by atoms with E-state index in [0.29, 0.717) is 31.6 Å². The van der Waals surface area contributed by atoms with Crippen molar-refractivity contribution < 1.29 is 14.3 Å². The number of benzene rings is 2. The molecule has 0 fully saturated rings. The van der Waals surface area contributed by atoms with E-state index in [0.717, 1.165) is 58.5 Å². The molecule has 7 nitrogen and oxygen atoms in total. The van der Waals surface area contributed by atoms with Crippen molar-refractivity contribution in [3.63, 3.8) is 0 Å². The fourth-order valence-electron chi connectivity index (χ4n) is 5.54. The number of rotatable bonds is 8. The molecule has 0 saturated carbocycles. The van der Waals surface area contributed by atoms with Gasteiger partial charge in [-0.25, -0.2) is 9.78 Å². The molecule has 5 aromatic rings. The molecule has 3 aromatic heterocycles. The molecule has 0 spiro atoms. The first-order valence-corrected chi connectivity index (χ1v) is 17.0. The normalized spacial score (nSPS) is 13.0. The molecule has 220 valence electrons. The minimum Gasteiger partial charge on any atom is -0.462 e. The highest BCUT2D eigenvalue weighted by Gasteiger charge is 2.27. The van der Waals surface area contributed by atoms with Gasteiger partial charge in [0.2, 0.25) is 5.91 Å². The van der Waals surface area contributed by atoms with E-state index in [4.69, 9.17) is 9.72 Å². The Hall–Kier alpha value is -3.73. The van der Waals surface area contributed by atoms with E-state index in [1.165, 1.54) is 34.4 Å². The van der Waals surface area contributed by atoms with Crippen LogP contribution in [-0.2, 0) is 22.4 Å². The van der Waals surface area contributed by atoms with Crippen molar-refractivity contribution in [2.24, 2.45) is 0 Å². The lowest BCUT2D eigenvalue weighted by Gasteiger charge is -2.13. The quantitative estimate of drug-likeness (QED) is 0.0820. The number of aromatic nitrogens is 2. The number of thiophene rings is 2. The zero-order chi connectivity index (χ0) is 29.9. The van der Waals surface area contributed by atoms with Crippen LogP contribution in [0.3, 0.4) is 0 Å². The average Bonchev–Trinajstić information content (AvgIpc) is 3.43. The summed E-state index contributed by atoms with van der Waals surface area (Å²) < 4.78 is 6.96. The fraction of sp³-hybridized carbons (Fsp3) is 0.273. The summed E-state index contributed by atoms with van der Waals surface area (Å²) in [6, 6.07) is 19.3.